The number of hydrogen-bond acceptors (Lipinski definition) is 3. The number of nitrogens with two attached hydrogens (primary N) is 1. The first-order chi connectivity index (χ1) is 9.22. The smallest absolute Gasteiger partial charge is 0.118 e. The highest BCUT2D eigenvalue weighted by atomic mass is 35.5. The van der Waals surface area contributed by atoms with E-state index >= 15 is 0 Å². The van der Waals surface area contributed by atoms with Crippen LogP contribution in [0.15, 0.2) is 52.3 Å². The third-order valence-electron chi connectivity index (χ3n) is 2.73. The summed E-state index contributed by atoms with van der Waals surface area (Å²) in [5, 5.41) is 0.747. The predicted molar refractivity (Wildman–Crippen MR) is 81.3 cm³/mol. The monoisotopic (exact) mass is 293 g/mol. The van der Waals surface area contributed by atoms with Crippen molar-refractivity contribution in [2.75, 3.05) is 13.7 Å². The molecule has 0 atom stereocenters. The third kappa shape index (κ3) is 3.90. The second kappa shape index (κ2) is 6.85. The van der Waals surface area contributed by atoms with Gasteiger partial charge in [-0.2, -0.15) is 0 Å². The van der Waals surface area contributed by atoms with E-state index in [2.05, 4.69) is 0 Å². The van der Waals surface area contributed by atoms with E-state index in [1.807, 2.05) is 42.5 Å². The maximum absolute atomic E-state index is 6.07. The summed E-state index contributed by atoms with van der Waals surface area (Å²) in [7, 11) is 1.67. The van der Waals surface area contributed by atoms with Gasteiger partial charge in [-0.1, -0.05) is 29.4 Å². The molecule has 0 aliphatic carbocycles. The Morgan fingerprint density at radius 3 is 2.53 bits per heavy atom. The standard InChI is InChI=1S/C15H16ClNOS/c1-18-13-4-6-14(7-5-13)19-15-10-12(16)3-2-11(15)8-9-17/h2-7,10H,8-9,17H2,1H3. The Bertz CT molecular complexity index is 542. The van der Waals surface area contributed by atoms with Crippen molar-refractivity contribution >= 4 is 23.4 Å². The number of ether oxygens (including phenoxy) is 1. The Balaban J connectivity index is 2.23. The summed E-state index contributed by atoms with van der Waals surface area (Å²) in [4.78, 5) is 2.31. The first-order valence-corrected chi connectivity index (χ1v) is 7.23. The van der Waals surface area contributed by atoms with E-state index < -0.39 is 0 Å². The van der Waals surface area contributed by atoms with Crippen LogP contribution in [0.25, 0.3) is 0 Å². The molecule has 100 valence electrons. The third-order valence-corrected chi connectivity index (χ3v) is 4.07. The van der Waals surface area contributed by atoms with E-state index in [0.717, 1.165) is 27.0 Å². The zero-order valence-corrected chi connectivity index (χ0v) is 12.3. The molecule has 2 aromatic carbocycles. The van der Waals surface area contributed by atoms with Crippen LogP contribution in [0.1, 0.15) is 5.56 Å². The van der Waals surface area contributed by atoms with Crippen LogP contribution in [0.2, 0.25) is 5.02 Å². The number of hydrogen-bond donors (Lipinski definition) is 1. The van der Waals surface area contributed by atoms with Gasteiger partial charge in [0.25, 0.3) is 0 Å². The van der Waals surface area contributed by atoms with Gasteiger partial charge in [-0.15, -0.1) is 0 Å². The van der Waals surface area contributed by atoms with Gasteiger partial charge in [0.15, 0.2) is 0 Å². The first-order valence-electron chi connectivity index (χ1n) is 6.03. The minimum atomic E-state index is 0.637. The van der Waals surface area contributed by atoms with Crippen molar-refractivity contribution in [2.24, 2.45) is 5.73 Å². The van der Waals surface area contributed by atoms with Gasteiger partial charge in [0, 0.05) is 14.8 Å². The number of rotatable bonds is 5. The Hall–Kier alpha value is -1.16. The molecule has 0 aliphatic heterocycles. The first kappa shape index (κ1) is 14.3. The second-order valence-electron chi connectivity index (χ2n) is 4.07. The van der Waals surface area contributed by atoms with E-state index in [9.17, 15) is 0 Å². The number of halogens is 1. The molecule has 2 N–H and O–H groups in total. The summed E-state index contributed by atoms with van der Waals surface area (Å²) >= 11 is 7.76. The molecule has 0 amide bonds. The summed E-state index contributed by atoms with van der Waals surface area (Å²) in [6.45, 7) is 0.637. The average Bonchev–Trinajstić information content (AvgIpc) is 2.43. The van der Waals surface area contributed by atoms with Crippen molar-refractivity contribution in [3.63, 3.8) is 0 Å². The average molecular weight is 294 g/mol. The molecule has 19 heavy (non-hydrogen) atoms. The lowest BCUT2D eigenvalue weighted by molar-refractivity contribution is 0.414. The molecular formula is C15H16ClNOS. The summed E-state index contributed by atoms with van der Waals surface area (Å²) in [6.07, 6.45) is 0.857. The van der Waals surface area contributed by atoms with Crippen LogP contribution < -0.4 is 10.5 Å². The lowest BCUT2D eigenvalue weighted by atomic mass is 10.1. The second-order valence-corrected chi connectivity index (χ2v) is 5.62. The van der Waals surface area contributed by atoms with Gasteiger partial charge in [0.1, 0.15) is 5.75 Å². The number of methoxy groups -OCH3 is 1. The Kier molecular flexibility index (Phi) is 5.14. The van der Waals surface area contributed by atoms with Gasteiger partial charge in [-0.3, -0.25) is 0 Å². The van der Waals surface area contributed by atoms with Crippen LogP contribution in [0.4, 0.5) is 0 Å². The largest absolute Gasteiger partial charge is 0.497 e. The molecule has 0 unspecified atom stereocenters. The summed E-state index contributed by atoms with van der Waals surface area (Å²) in [5.41, 5.74) is 6.87. The molecular weight excluding hydrogens is 278 g/mol. The van der Waals surface area contributed by atoms with E-state index in [1.165, 1.54) is 5.56 Å². The summed E-state index contributed by atoms with van der Waals surface area (Å²) in [6, 6.07) is 13.9. The molecule has 2 aromatic rings. The molecule has 0 aromatic heterocycles. The molecule has 2 rings (SSSR count). The normalized spacial score (nSPS) is 10.5. The molecule has 0 saturated carbocycles. The maximum atomic E-state index is 6.07. The van der Waals surface area contributed by atoms with E-state index in [0.29, 0.717) is 6.54 Å². The minimum absolute atomic E-state index is 0.637. The van der Waals surface area contributed by atoms with Gasteiger partial charge in [-0.05, 0) is 54.9 Å². The van der Waals surface area contributed by atoms with Gasteiger partial charge < -0.3 is 10.5 Å². The van der Waals surface area contributed by atoms with Crippen LogP contribution in [-0.2, 0) is 6.42 Å². The van der Waals surface area contributed by atoms with Crippen LogP contribution in [0.5, 0.6) is 5.75 Å². The zero-order chi connectivity index (χ0) is 13.7. The predicted octanol–water partition coefficient (Wildman–Crippen LogP) is 4.00. The zero-order valence-electron chi connectivity index (χ0n) is 10.7. The molecule has 2 nitrogen and oxygen atoms in total. The SMILES string of the molecule is COc1ccc(Sc2cc(Cl)ccc2CCN)cc1. The number of benzene rings is 2. The highest BCUT2D eigenvalue weighted by molar-refractivity contribution is 7.99. The molecule has 0 saturated heterocycles. The molecule has 0 fully saturated rings. The highest BCUT2D eigenvalue weighted by Gasteiger charge is 2.05. The molecule has 0 heterocycles. The molecule has 0 spiro atoms. The highest BCUT2D eigenvalue weighted by Crippen LogP contribution is 2.33. The lowest BCUT2D eigenvalue weighted by Crippen LogP contribution is -2.03. The minimum Gasteiger partial charge on any atom is -0.497 e. The van der Waals surface area contributed by atoms with Crippen molar-refractivity contribution in [2.45, 2.75) is 16.2 Å². The summed E-state index contributed by atoms with van der Waals surface area (Å²) in [5.74, 6) is 0.859. The fourth-order valence-corrected chi connectivity index (χ4v) is 3.01. The van der Waals surface area contributed by atoms with Crippen LogP contribution in [0, 0.1) is 0 Å². The van der Waals surface area contributed by atoms with Crippen molar-refractivity contribution in [3.8, 4) is 5.75 Å². The molecule has 4 heteroatoms. The van der Waals surface area contributed by atoms with Crippen molar-refractivity contribution in [1.29, 1.82) is 0 Å². The Labute approximate surface area is 122 Å². The van der Waals surface area contributed by atoms with Crippen molar-refractivity contribution in [3.05, 3.63) is 53.1 Å². The molecule has 0 aliphatic rings. The van der Waals surface area contributed by atoms with E-state index in [-0.39, 0.29) is 0 Å². The topological polar surface area (TPSA) is 35.2 Å². The van der Waals surface area contributed by atoms with Crippen molar-refractivity contribution < 1.29 is 4.74 Å². The van der Waals surface area contributed by atoms with Gasteiger partial charge >= 0.3 is 0 Å². The van der Waals surface area contributed by atoms with Crippen LogP contribution >= 0.6 is 23.4 Å². The van der Waals surface area contributed by atoms with Crippen molar-refractivity contribution in [1.82, 2.24) is 0 Å². The summed E-state index contributed by atoms with van der Waals surface area (Å²) < 4.78 is 5.15. The van der Waals surface area contributed by atoms with Gasteiger partial charge in [0.05, 0.1) is 7.11 Å². The molecule has 0 bridgehead atoms. The van der Waals surface area contributed by atoms with Crippen LogP contribution in [-0.4, -0.2) is 13.7 Å². The maximum Gasteiger partial charge on any atom is 0.118 e. The van der Waals surface area contributed by atoms with Gasteiger partial charge in [0.2, 0.25) is 0 Å². The van der Waals surface area contributed by atoms with Crippen LogP contribution in [0.3, 0.4) is 0 Å². The quantitative estimate of drug-likeness (QED) is 0.905. The van der Waals surface area contributed by atoms with E-state index in [4.69, 9.17) is 22.1 Å². The lowest BCUT2D eigenvalue weighted by Gasteiger charge is -2.09. The fourth-order valence-electron chi connectivity index (χ4n) is 1.76. The Morgan fingerprint density at radius 1 is 1.16 bits per heavy atom. The van der Waals surface area contributed by atoms with E-state index in [1.54, 1.807) is 18.9 Å². The molecule has 0 radical (unpaired) electrons. The Morgan fingerprint density at radius 2 is 1.89 bits per heavy atom. The van der Waals surface area contributed by atoms with Gasteiger partial charge in [-0.25, -0.2) is 0 Å². The fraction of sp³-hybridized carbons (Fsp3) is 0.200.